The van der Waals surface area contributed by atoms with E-state index >= 15 is 0 Å². The van der Waals surface area contributed by atoms with E-state index in [2.05, 4.69) is 20.0 Å². The molecule has 1 aliphatic heterocycles. The average Bonchev–Trinajstić information content (AvgIpc) is 2.75. The fraction of sp³-hybridized carbons (Fsp3) is 0.273. The molecule has 2 aromatic rings. The maximum absolute atomic E-state index is 4.38. The van der Waals surface area contributed by atoms with Gasteiger partial charge in [0.25, 0.3) is 0 Å². The Hall–Kier alpha value is -1.84. The largest absolute Gasteiger partial charge is 0.259 e. The second-order valence-electron chi connectivity index (χ2n) is 3.66. The van der Waals surface area contributed by atoms with Gasteiger partial charge >= 0.3 is 0 Å². The predicted octanol–water partition coefficient (Wildman–Crippen LogP) is 0.457. The molecule has 0 amide bonds. The molecule has 0 radical (unpaired) electrons. The van der Waals surface area contributed by atoms with E-state index in [1.165, 1.54) is 0 Å². The minimum Gasteiger partial charge on any atom is -0.259 e. The van der Waals surface area contributed by atoms with E-state index in [0.717, 1.165) is 32.9 Å². The van der Waals surface area contributed by atoms with Crippen molar-refractivity contribution in [1.29, 1.82) is 0 Å². The van der Waals surface area contributed by atoms with Gasteiger partial charge in [0, 0.05) is 23.5 Å². The molecule has 4 heteroatoms. The lowest BCUT2D eigenvalue weighted by molar-refractivity contribution is 1.05. The van der Waals surface area contributed by atoms with Gasteiger partial charge in [0.05, 0.1) is 21.7 Å². The van der Waals surface area contributed by atoms with Gasteiger partial charge in [-0.1, -0.05) is 0 Å². The Morgan fingerprint density at radius 3 is 1.80 bits per heavy atom. The topological polar surface area (TPSA) is 50.5 Å². The summed E-state index contributed by atoms with van der Waals surface area (Å²) >= 11 is 0. The number of fused-ring (bicyclic) bond motifs is 2. The zero-order valence-electron chi connectivity index (χ0n) is 8.65. The van der Waals surface area contributed by atoms with Crippen LogP contribution in [0.2, 0.25) is 0 Å². The zero-order valence-corrected chi connectivity index (χ0v) is 8.65. The third kappa shape index (κ3) is 1.02. The van der Waals surface area contributed by atoms with Crippen molar-refractivity contribution in [2.75, 3.05) is 6.67 Å². The predicted molar refractivity (Wildman–Crippen MR) is 56.2 cm³/mol. The van der Waals surface area contributed by atoms with E-state index in [9.17, 15) is 0 Å². The molecule has 2 heterocycles. The van der Waals surface area contributed by atoms with Crippen LogP contribution >= 0.6 is 0 Å². The Balaban J connectivity index is 2.71. The van der Waals surface area contributed by atoms with Crippen molar-refractivity contribution >= 4 is 11.0 Å². The van der Waals surface area contributed by atoms with Gasteiger partial charge < -0.3 is 0 Å². The second-order valence-corrected chi connectivity index (χ2v) is 3.66. The molecule has 0 aliphatic carbocycles. The summed E-state index contributed by atoms with van der Waals surface area (Å²) in [6.45, 7) is 4.59. The number of nitrogens with zero attached hydrogens (tertiary/aromatic N) is 4. The molecular formula is C11H10N4. The van der Waals surface area contributed by atoms with Crippen LogP contribution in [0.1, 0.15) is 11.1 Å². The van der Waals surface area contributed by atoms with Gasteiger partial charge in [0.15, 0.2) is 0 Å². The zero-order chi connectivity index (χ0) is 10.4. The van der Waals surface area contributed by atoms with Crippen molar-refractivity contribution in [3.05, 3.63) is 34.2 Å². The van der Waals surface area contributed by atoms with E-state index in [4.69, 9.17) is 0 Å². The number of hydrogen-bond acceptors (Lipinski definition) is 4. The third-order valence-electron chi connectivity index (χ3n) is 2.80. The third-order valence-corrected chi connectivity index (χ3v) is 2.80. The quantitative estimate of drug-likeness (QED) is 0.617. The van der Waals surface area contributed by atoms with Crippen molar-refractivity contribution in [3.63, 3.8) is 0 Å². The summed E-state index contributed by atoms with van der Waals surface area (Å²) < 4.78 is 0. The molecule has 0 unspecified atom stereocenters. The van der Waals surface area contributed by atoms with Gasteiger partial charge in [-0.2, -0.15) is 0 Å². The lowest BCUT2D eigenvalue weighted by Gasteiger charge is -2.02. The molecule has 0 N–H and O–H groups in total. The Kier molecular flexibility index (Phi) is 1.59. The maximum atomic E-state index is 4.38. The number of aromatic nitrogens is 2. The second kappa shape index (κ2) is 2.82. The van der Waals surface area contributed by atoms with Crippen LogP contribution in [-0.2, 0) is 0 Å². The van der Waals surface area contributed by atoms with E-state index in [-0.39, 0.29) is 0 Å². The molecule has 0 bridgehead atoms. The first-order valence-corrected chi connectivity index (χ1v) is 4.88. The summed E-state index contributed by atoms with van der Waals surface area (Å²) in [5, 5.41) is 1.97. The fourth-order valence-corrected chi connectivity index (χ4v) is 2.03. The van der Waals surface area contributed by atoms with Crippen LogP contribution < -0.4 is 10.7 Å². The van der Waals surface area contributed by atoms with Crippen molar-refractivity contribution < 1.29 is 0 Å². The molecule has 3 rings (SSSR count). The molecule has 1 aromatic heterocycles. The highest BCUT2D eigenvalue weighted by Gasteiger charge is 2.11. The first-order chi connectivity index (χ1) is 7.29. The van der Waals surface area contributed by atoms with Crippen LogP contribution in [0.5, 0.6) is 0 Å². The molecule has 4 nitrogen and oxygen atoms in total. The average molecular weight is 198 g/mol. The highest BCUT2D eigenvalue weighted by Crippen LogP contribution is 2.11. The van der Waals surface area contributed by atoms with E-state index in [1.807, 2.05) is 13.8 Å². The molecule has 0 fully saturated rings. The Morgan fingerprint density at radius 1 is 0.867 bits per heavy atom. The summed E-state index contributed by atoms with van der Waals surface area (Å²) in [6, 6.07) is 0. The lowest BCUT2D eigenvalue weighted by atomic mass is 10.1. The monoisotopic (exact) mass is 198 g/mol. The van der Waals surface area contributed by atoms with Gasteiger partial charge in [-0.25, -0.2) is 0 Å². The number of benzene rings is 1. The minimum atomic E-state index is 0.535. The SMILES string of the molecule is Cc1c2c(c(C)c3nccnc13)=NCN=2. The molecule has 0 atom stereocenters. The van der Waals surface area contributed by atoms with Gasteiger partial charge in [0.1, 0.15) is 6.67 Å². The molecule has 74 valence electrons. The van der Waals surface area contributed by atoms with Gasteiger partial charge in [-0.05, 0) is 13.8 Å². The van der Waals surface area contributed by atoms with Crippen molar-refractivity contribution in [1.82, 2.24) is 9.97 Å². The highest BCUT2D eigenvalue weighted by molar-refractivity contribution is 5.80. The smallest absolute Gasteiger partial charge is 0.130 e. The van der Waals surface area contributed by atoms with Crippen LogP contribution in [0.3, 0.4) is 0 Å². The van der Waals surface area contributed by atoms with E-state index in [0.29, 0.717) is 6.67 Å². The summed E-state index contributed by atoms with van der Waals surface area (Å²) in [5.74, 6) is 0. The van der Waals surface area contributed by atoms with Crippen molar-refractivity contribution in [3.8, 4) is 0 Å². The van der Waals surface area contributed by atoms with E-state index < -0.39 is 0 Å². The Bertz CT molecular complexity index is 615. The molecule has 0 spiro atoms. The Labute approximate surface area is 86.4 Å². The molecular weight excluding hydrogens is 188 g/mol. The standard InChI is InChI=1S/C11H10N4/c1-6-8-9(13-4-3-12-8)7(2)11-10(6)14-5-15-11/h3-4H,5H2,1-2H3. The number of rotatable bonds is 0. The molecule has 0 saturated carbocycles. The maximum Gasteiger partial charge on any atom is 0.130 e. The normalized spacial score (nSPS) is 13.5. The fourth-order valence-electron chi connectivity index (χ4n) is 2.03. The first kappa shape index (κ1) is 8.47. The first-order valence-electron chi connectivity index (χ1n) is 4.88. The van der Waals surface area contributed by atoms with Gasteiger partial charge in [-0.3, -0.25) is 20.0 Å². The molecule has 15 heavy (non-hydrogen) atoms. The summed E-state index contributed by atoms with van der Waals surface area (Å²) in [6.07, 6.45) is 3.43. The molecule has 1 aliphatic rings. The van der Waals surface area contributed by atoms with Crippen molar-refractivity contribution in [2.24, 2.45) is 9.98 Å². The molecule has 0 saturated heterocycles. The van der Waals surface area contributed by atoms with Gasteiger partial charge in [0.2, 0.25) is 0 Å². The summed E-state index contributed by atoms with van der Waals surface area (Å²) in [5.41, 5.74) is 4.05. The lowest BCUT2D eigenvalue weighted by Crippen LogP contribution is -2.28. The van der Waals surface area contributed by atoms with Crippen LogP contribution in [0.25, 0.3) is 11.0 Å². The van der Waals surface area contributed by atoms with Crippen LogP contribution in [0, 0.1) is 13.8 Å². The molecule has 1 aromatic carbocycles. The van der Waals surface area contributed by atoms with Gasteiger partial charge in [-0.15, -0.1) is 0 Å². The van der Waals surface area contributed by atoms with Crippen LogP contribution in [-0.4, -0.2) is 16.6 Å². The summed E-state index contributed by atoms with van der Waals surface area (Å²) in [7, 11) is 0. The minimum absolute atomic E-state index is 0.535. The van der Waals surface area contributed by atoms with E-state index in [1.54, 1.807) is 12.4 Å². The van der Waals surface area contributed by atoms with Crippen LogP contribution in [0.15, 0.2) is 22.4 Å². The Morgan fingerprint density at radius 2 is 1.33 bits per heavy atom. The highest BCUT2D eigenvalue weighted by atomic mass is 15.0. The summed E-state index contributed by atoms with van der Waals surface area (Å²) in [4.78, 5) is 17.5. The van der Waals surface area contributed by atoms with Crippen molar-refractivity contribution in [2.45, 2.75) is 13.8 Å². The van der Waals surface area contributed by atoms with Crippen LogP contribution in [0.4, 0.5) is 0 Å². The number of aryl methyl sites for hydroxylation is 2. The number of hydrogen-bond donors (Lipinski definition) is 0.